The Kier molecular flexibility index (Phi) is 5.23. The van der Waals surface area contributed by atoms with Crippen LogP contribution in [0, 0.1) is 0 Å². The highest BCUT2D eigenvalue weighted by Gasteiger charge is 2.09. The quantitative estimate of drug-likeness (QED) is 0.701. The van der Waals surface area contributed by atoms with Crippen molar-refractivity contribution in [2.45, 2.75) is 13.0 Å². The summed E-state index contributed by atoms with van der Waals surface area (Å²) >= 11 is 1.62. The smallest absolute Gasteiger partial charge is 0.325 e. The molecule has 0 aliphatic heterocycles. The zero-order valence-corrected chi connectivity index (χ0v) is 13.8. The first-order valence-electron chi connectivity index (χ1n) is 7.64. The van der Waals surface area contributed by atoms with Gasteiger partial charge in [-0.1, -0.05) is 48.5 Å². The first-order chi connectivity index (χ1) is 11.7. The third kappa shape index (κ3) is 4.20. The van der Waals surface area contributed by atoms with E-state index in [-0.39, 0.29) is 25.5 Å². The van der Waals surface area contributed by atoms with E-state index in [9.17, 15) is 9.59 Å². The van der Waals surface area contributed by atoms with Crippen LogP contribution >= 0.6 is 11.3 Å². The Morgan fingerprint density at radius 2 is 1.75 bits per heavy atom. The molecule has 1 N–H and O–H groups in total. The third-order valence-corrected chi connectivity index (χ3v) is 4.60. The number of hydrogen-bond acceptors (Lipinski definition) is 4. The topological polar surface area (TPSA) is 55.4 Å². The molecule has 0 radical (unpaired) electrons. The number of rotatable bonds is 6. The second-order valence-electron chi connectivity index (χ2n) is 5.36. The summed E-state index contributed by atoms with van der Waals surface area (Å²) in [6, 6.07) is 17.4. The maximum absolute atomic E-state index is 11.8. The fourth-order valence-electron chi connectivity index (χ4n) is 2.37. The Bertz CT molecular complexity index is 842. The average molecular weight is 339 g/mol. The largest absolute Gasteiger partial charge is 0.459 e. The summed E-state index contributed by atoms with van der Waals surface area (Å²) in [6.07, 6.45) is 0.253. The lowest BCUT2D eigenvalue weighted by Crippen LogP contribution is -2.31. The van der Waals surface area contributed by atoms with Crippen molar-refractivity contribution in [2.24, 2.45) is 0 Å². The second kappa shape index (κ2) is 7.75. The minimum Gasteiger partial charge on any atom is -0.459 e. The van der Waals surface area contributed by atoms with Crippen molar-refractivity contribution in [3.63, 3.8) is 0 Å². The van der Waals surface area contributed by atoms with Crippen molar-refractivity contribution >= 4 is 33.3 Å². The molecule has 3 aromatic rings. The minimum atomic E-state index is -0.438. The van der Waals surface area contributed by atoms with Gasteiger partial charge >= 0.3 is 5.97 Å². The molecule has 24 heavy (non-hydrogen) atoms. The highest BCUT2D eigenvalue weighted by Crippen LogP contribution is 2.25. The van der Waals surface area contributed by atoms with E-state index in [0.29, 0.717) is 0 Å². The van der Waals surface area contributed by atoms with Crippen LogP contribution in [0.1, 0.15) is 11.1 Å². The molecule has 0 atom stereocenters. The number of hydrogen-bond donors (Lipinski definition) is 1. The minimum absolute atomic E-state index is 0.117. The zero-order chi connectivity index (χ0) is 16.8. The lowest BCUT2D eigenvalue weighted by atomic mass is 10.1. The zero-order valence-electron chi connectivity index (χ0n) is 13.0. The molecule has 5 heteroatoms. The molecule has 4 nitrogen and oxygen atoms in total. The van der Waals surface area contributed by atoms with Crippen LogP contribution in [-0.4, -0.2) is 18.4 Å². The van der Waals surface area contributed by atoms with Crippen LogP contribution in [-0.2, 0) is 27.4 Å². The van der Waals surface area contributed by atoms with Gasteiger partial charge in [-0.15, -0.1) is 11.3 Å². The molecule has 0 unspecified atom stereocenters. The van der Waals surface area contributed by atoms with Crippen LogP contribution < -0.4 is 5.32 Å². The van der Waals surface area contributed by atoms with Crippen molar-refractivity contribution in [3.05, 3.63) is 71.1 Å². The molecular weight excluding hydrogens is 322 g/mol. The number of nitrogens with one attached hydrogen (secondary N) is 1. The molecule has 2 aromatic carbocycles. The highest BCUT2D eigenvalue weighted by molar-refractivity contribution is 7.17. The number of thiophene rings is 1. The predicted octanol–water partition coefficient (Wildman–Crippen LogP) is 3.30. The number of carbonyl (C=O) groups is 2. The van der Waals surface area contributed by atoms with E-state index in [0.717, 1.165) is 16.5 Å². The fourth-order valence-corrected chi connectivity index (χ4v) is 3.32. The van der Waals surface area contributed by atoms with Gasteiger partial charge in [0, 0.05) is 10.3 Å². The van der Waals surface area contributed by atoms with Crippen LogP contribution in [0.3, 0.4) is 0 Å². The molecule has 0 spiro atoms. The van der Waals surface area contributed by atoms with E-state index >= 15 is 0 Å². The Hall–Kier alpha value is -2.66. The van der Waals surface area contributed by atoms with Gasteiger partial charge in [-0.05, 0) is 22.4 Å². The Labute approximate surface area is 144 Å². The van der Waals surface area contributed by atoms with E-state index in [1.54, 1.807) is 11.3 Å². The molecule has 1 amide bonds. The van der Waals surface area contributed by atoms with E-state index in [4.69, 9.17) is 4.74 Å². The molecular formula is C19H17NO3S. The monoisotopic (exact) mass is 339 g/mol. The fraction of sp³-hybridized carbons (Fsp3) is 0.158. The standard InChI is InChI=1S/C19H17NO3S/c21-18(10-14-6-2-1-3-7-14)20-11-19(22)23-12-15-13-24-17-9-5-4-8-16(15)17/h1-9,13H,10-12H2,(H,20,21). The van der Waals surface area contributed by atoms with Gasteiger partial charge in [0.1, 0.15) is 13.2 Å². The van der Waals surface area contributed by atoms with Gasteiger partial charge in [0.2, 0.25) is 5.91 Å². The van der Waals surface area contributed by atoms with Crippen molar-refractivity contribution in [3.8, 4) is 0 Å². The second-order valence-corrected chi connectivity index (χ2v) is 6.27. The summed E-state index contributed by atoms with van der Waals surface area (Å²) in [6.45, 7) is 0.102. The van der Waals surface area contributed by atoms with E-state index < -0.39 is 5.97 Å². The molecule has 0 bridgehead atoms. The molecule has 0 aliphatic rings. The molecule has 1 aromatic heterocycles. The number of amides is 1. The Balaban J connectivity index is 1.45. The molecule has 0 saturated heterocycles. The average Bonchev–Trinajstić information content (AvgIpc) is 3.02. The van der Waals surface area contributed by atoms with Crippen molar-refractivity contribution in [1.29, 1.82) is 0 Å². The van der Waals surface area contributed by atoms with Gasteiger partial charge in [0.15, 0.2) is 0 Å². The molecule has 0 aliphatic carbocycles. The van der Waals surface area contributed by atoms with E-state index in [1.807, 2.05) is 60.0 Å². The van der Waals surface area contributed by atoms with Gasteiger partial charge in [0.25, 0.3) is 0 Å². The first kappa shape index (κ1) is 16.2. The van der Waals surface area contributed by atoms with Gasteiger partial charge in [-0.3, -0.25) is 9.59 Å². The molecule has 0 fully saturated rings. The third-order valence-electron chi connectivity index (χ3n) is 3.59. The molecule has 3 rings (SSSR count). The number of esters is 1. The highest BCUT2D eigenvalue weighted by atomic mass is 32.1. The first-order valence-corrected chi connectivity index (χ1v) is 8.52. The van der Waals surface area contributed by atoms with Crippen LogP contribution in [0.5, 0.6) is 0 Å². The Morgan fingerprint density at radius 3 is 2.58 bits per heavy atom. The van der Waals surface area contributed by atoms with Gasteiger partial charge in [0.05, 0.1) is 6.42 Å². The lowest BCUT2D eigenvalue weighted by molar-refractivity contribution is -0.145. The van der Waals surface area contributed by atoms with Gasteiger partial charge in [-0.2, -0.15) is 0 Å². The van der Waals surface area contributed by atoms with Crippen LogP contribution in [0.4, 0.5) is 0 Å². The number of benzene rings is 2. The van der Waals surface area contributed by atoms with Gasteiger partial charge < -0.3 is 10.1 Å². The number of carbonyl (C=O) groups excluding carboxylic acids is 2. The summed E-state index contributed by atoms with van der Waals surface area (Å²) in [4.78, 5) is 23.6. The summed E-state index contributed by atoms with van der Waals surface area (Å²) in [5.41, 5.74) is 1.90. The summed E-state index contributed by atoms with van der Waals surface area (Å²) in [7, 11) is 0. The Morgan fingerprint density at radius 1 is 1.00 bits per heavy atom. The maximum Gasteiger partial charge on any atom is 0.325 e. The number of ether oxygens (including phenoxy) is 1. The summed E-state index contributed by atoms with van der Waals surface area (Å²) < 4.78 is 6.41. The van der Waals surface area contributed by atoms with Gasteiger partial charge in [-0.25, -0.2) is 0 Å². The van der Waals surface area contributed by atoms with E-state index in [2.05, 4.69) is 5.32 Å². The summed E-state index contributed by atoms with van der Waals surface area (Å²) in [5.74, 6) is -0.633. The predicted molar refractivity (Wildman–Crippen MR) is 94.8 cm³/mol. The van der Waals surface area contributed by atoms with Crippen LogP contribution in [0.25, 0.3) is 10.1 Å². The van der Waals surface area contributed by atoms with Crippen LogP contribution in [0.2, 0.25) is 0 Å². The molecule has 1 heterocycles. The number of fused-ring (bicyclic) bond motifs is 1. The maximum atomic E-state index is 11.8. The SMILES string of the molecule is O=C(Cc1ccccc1)NCC(=O)OCc1csc2ccccc12. The van der Waals surface area contributed by atoms with E-state index in [1.165, 1.54) is 4.70 Å². The van der Waals surface area contributed by atoms with Crippen LogP contribution in [0.15, 0.2) is 60.0 Å². The normalized spacial score (nSPS) is 10.5. The summed E-state index contributed by atoms with van der Waals surface area (Å²) in [5, 5.41) is 5.68. The molecule has 0 saturated carbocycles. The van der Waals surface area contributed by atoms with Crippen molar-refractivity contribution in [2.75, 3.05) is 6.54 Å². The van der Waals surface area contributed by atoms with Crippen molar-refractivity contribution in [1.82, 2.24) is 5.32 Å². The lowest BCUT2D eigenvalue weighted by Gasteiger charge is -2.06. The molecule has 122 valence electrons. The van der Waals surface area contributed by atoms with Crippen molar-refractivity contribution < 1.29 is 14.3 Å².